The van der Waals surface area contributed by atoms with Gasteiger partial charge in [-0.1, -0.05) is 29.5 Å². The molecular weight excluding hydrogens is 443 g/mol. The van der Waals surface area contributed by atoms with Gasteiger partial charge in [-0.15, -0.1) is 11.3 Å². The molecule has 0 spiro atoms. The van der Waals surface area contributed by atoms with E-state index >= 15 is 0 Å². The van der Waals surface area contributed by atoms with Crippen LogP contribution >= 0.6 is 11.3 Å². The summed E-state index contributed by atoms with van der Waals surface area (Å²) in [5.41, 5.74) is 1.01. The number of nitrogens with zero attached hydrogens (tertiary/aromatic N) is 3. The summed E-state index contributed by atoms with van der Waals surface area (Å²) >= 11 is 1.50. The number of aliphatic hydroxyl groups excluding tert-OH is 1. The minimum Gasteiger partial charge on any atom is -0.395 e. The van der Waals surface area contributed by atoms with Gasteiger partial charge in [-0.05, 0) is 24.0 Å². The van der Waals surface area contributed by atoms with Crippen molar-refractivity contribution in [3.63, 3.8) is 0 Å². The number of rotatable bonds is 6. The second-order valence-corrected chi connectivity index (χ2v) is 9.48. The summed E-state index contributed by atoms with van der Waals surface area (Å²) in [7, 11) is 16.0. The lowest BCUT2D eigenvalue weighted by atomic mass is 9.49. The number of benzene rings is 1. The molecule has 1 saturated carbocycles. The first-order chi connectivity index (χ1) is 15.6. The Balaban J connectivity index is 1.40. The van der Waals surface area contributed by atoms with E-state index in [0.29, 0.717) is 0 Å². The summed E-state index contributed by atoms with van der Waals surface area (Å²) in [6.45, 7) is -1.07. The van der Waals surface area contributed by atoms with Crippen molar-refractivity contribution in [1.29, 1.82) is 0 Å². The van der Waals surface area contributed by atoms with Gasteiger partial charge in [-0.3, -0.25) is 4.79 Å². The first kappa shape index (κ1) is 22.3. The summed E-state index contributed by atoms with van der Waals surface area (Å²) < 4.78 is 31.5. The van der Waals surface area contributed by atoms with Crippen molar-refractivity contribution < 1.29 is 18.7 Å². The standard InChI is InChI=1S/C21H17B3F2N4O2S/c22-21(23,24)29-17(32)19(10-31)16(20(19,25)26)12-3-1-11(2-4-12)13-5-6-15-14(13)9-28-30(15)18-27-7-8-33-18/h1-4,7-9,13,16,31H,5-6,10H2,(H,29,32). The Labute approximate surface area is 197 Å². The Hall–Kier alpha value is -2.46. The number of halogens is 2. The first-order valence-electron chi connectivity index (χ1n) is 10.3. The number of thiazole rings is 1. The van der Waals surface area contributed by atoms with E-state index in [2.05, 4.69) is 10.1 Å². The molecular formula is C21H17B3F2N4O2S. The van der Waals surface area contributed by atoms with Gasteiger partial charge >= 0.3 is 0 Å². The number of carbonyl (C=O) groups is 1. The van der Waals surface area contributed by atoms with E-state index in [1.54, 1.807) is 30.5 Å². The molecule has 0 saturated heterocycles. The fourth-order valence-electron chi connectivity index (χ4n) is 4.93. The molecule has 1 aromatic carbocycles. The predicted molar refractivity (Wildman–Crippen MR) is 121 cm³/mol. The molecule has 3 aromatic rings. The molecule has 33 heavy (non-hydrogen) atoms. The van der Waals surface area contributed by atoms with Crippen LogP contribution in [0.2, 0.25) is 0 Å². The van der Waals surface area contributed by atoms with Gasteiger partial charge in [0.1, 0.15) is 5.41 Å². The fourth-order valence-corrected chi connectivity index (χ4v) is 5.55. The van der Waals surface area contributed by atoms with Gasteiger partial charge in [-0.25, -0.2) is 18.4 Å². The highest BCUT2D eigenvalue weighted by Gasteiger charge is 2.84. The molecule has 1 amide bonds. The molecule has 0 bridgehead atoms. The monoisotopic (exact) mass is 460 g/mol. The lowest BCUT2D eigenvalue weighted by molar-refractivity contribution is -0.132. The Morgan fingerprint density at radius 2 is 1.97 bits per heavy atom. The molecule has 12 heteroatoms. The van der Waals surface area contributed by atoms with E-state index in [1.165, 1.54) is 11.3 Å². The third-order valence-electron chi connectivity index (χ3n) is 6.57. The summed E-state index contributed by atoms with van der Waals surface area (Å²) in [6.07, 6.45) is 5.26. The molecule has 162 valence electrons. The lowest BCUT2D eigenvalue weighted by Crippen LogP contribution is -2.54. The van der Waals surface area contributed by atoms with Crippen LogP contribution in [0.15, 0.2) is 42.0 Å². The number of hydrogen-bond donors (Lipinski definition) is 2. The number of alkyl halides is 2. The summed E-state index contributed by atoms with van der Waals surface area (Å²) in [6, 6.07) is 6.71. The maximum absolute atomic E-state index is 14.8. The Morgan fingerprint density at radius 3 is 2.58 bits per heavy atom. The van der Waals surface area contributed by atoms with Crippen LogP contribution in [0.3, 0.4) is 0 Å². The van der Waals surface area contributed by atoms with Gasteiger partial charge in [0.15, 0.2) is 0 Å². The maximum atomic E-state index is 14.8. The summed E-state index contributed by atoms with van der Waals surface area (Å²) in [4.78, 5) is 16.8. The number of amides is 1. The van der Waals surface area contributed by atoms with Crippen LogP contribution in [-0.4, -0.2) is 67.1 Å². The Bertz CT molecular complexity index is 1200. The highest BCUT2D eigenvalue weighted by Crippen LogP contribution is 2.71. The highest BCUT2D eigenvalue weighted by atomic mass is 32.1. The largest absolute Gasteiger partial charge is 0.395 e. The second-order valence-electron chi connectivity index (χ2n) is 8.60. The molecule has 2 aromatic heterocycles. The molecule has 5 rings (SSSR count). The third-order valence-corrected chi connectivity index (χ3v) is 7.32. The molecule has 2 heterocycles. The van der Waals surface area contributed by atoms with Crippen LogP contribution in [0.5, 0.6) is 0 Å². The molecule has 3 unspecified atom stereocenters. The predicted octanol–water partition coefficient (Wildman–Crippen LogP) is 1.35. The molecule has 2 N–H and O–H groups in total. The van der Waals surface area contributed by atoms with E-state index < -0.39 is 35.0 Å². The molecule has 6 nitrogen and oxygen atoms in total. The van der Waals surface area contributed by atoms with Crippen molar-refractivity contribution in [3.8, 4) is 5.13 Å². The number of fused-ring (bicyclic) bond motifs is 1. The zero-order valence-corrected chi connectivity index (χ0v) is 18.2. The average molecular weight is 460 g/mol. The number of nitrogens with one attached hydrogen (secondary N) is 1. The zero-order valence-electron chi connectivity index (χ0n) is 17.4. The third kappa shape index (κ3) is 3.37. The highest BCUT2D eigenvalue weighted by molar-refractivity contribution is 7.12. The van der Waals surface area contributed by atoms with Gasteiger partial charge < -0.3 is 10.4 Å². The minimum atomic E-state index is -3.48. The molecule has 2 aliphatic carbocycles. The molecule has 3 atom stereocenters. The normalized spacial score (nSPS) is 25.5. The second kappa shape index (κ2) is 7.53. The first-order valence-corrected chi connectivity index (χ1v) is 11.2. The van der Waals surface area contributed by atoms with Crippen LogP contribution in [-0.2, 0) is 11.2 Å². The molecule has 6 radical (unpaired) electrons. The number of carbonyl (C=O) groups excluding carboxylic acids is 1. The SMILES string of the molecule is [B]C([B])([B])NC(=O)C1(CO)C(c2ccc(C3CCc4c3cnn4-c3nccs3)cc2)C1(F)F. The van der Waals surface area contributed by atoms with Crippen LogP contribution in [0, 0.1) is 5.41 Å². The molecule has 1 fully saturated rings. The van der Waals surface area contributed by atoms with Gasteiger partial charge in [0.25, 0.3) is 5.92 Å². The number of hydrogen-bond acceptors (Lipinski definition) is 5. The van der Waals surface area contributed by atoms with Crippen LogP contribution in [0.4, 0.5) is 8.78 Å². The summed E-state index contributed by atoms with van der Waals surface area (Å²) in [5.74, 6) is -6.10. The summed E-state index contributed by atoms with van der Waals surface area (Å²) in [5, 5.41) is 16.7. The fraction of sp³-hybridized carbons (Fsp3) is 0.381. The molecule has 2 aliphatic rings. The van der Waals surface area contributed by atoms with Gasteiger partial charge in [-0.2, -0.15) is 5.10 Å². The maximum Gasteiger partial charge on any atom is 0.273 e. The van der Waals surface area contributed by atoms with E-state index in [1.807, 2.05) is 21.6 Å². The van der Waals surface area contributed by atoms with Crippen LogP contribution in [0.1, 0.15) is 40.6 Å². The average Bonchev–Trinajstić information content (AvgIpc) is 3.30. The van der Waals surface area contributed by atoms with E-state index in [9.17, 15) is 18.7 Å². The Kier molecular flexibility index (Phi) is 5.10. The van der Waals surface area contributed by atoms with Gasteiger partial charge in [0.2, 0.25) is 11.0 Å². The zero-order chi connectivity index (χ0) is 23.6. The van der Waals surface area contributed by atoms with Crippen molar-refractivity contribution in [2.75, 3.05) is 6.61 Å². The van der Waals surface area contributed by atoms with E-state index in [4.69, 9.17) is 23.5 Å². The Morgan fingerprint density at radius 1 is 1.27 bits per heavy atom. The van der Waals surface area contributed by atoms with Crippen molar-refractivity contribution in [1.82, 2.24) is 20.1 Å². The van der Waals surface area contributed by atoms with Crippen molar-refractivity contribution >= 4 is 40.8 Å². The number of aromatic nitrogens is 3. The van der Waals surface area contributed by atoms with E-state index in [-0.39, 0.29) is 11.5 Å². The van der Waals surface area contributed by atoms with Crippen molar-refractivity contribution in [2.24, 2.45) is 5.41 Å². The van der Waals surface area contributed by atoms with E-state index in [0.717, 1.165) is 34.8 Å². The van der Waals surface area contributed by atoms with Crippen molar-refractivity contribution in [3.05, 3.63) is 64.4 Å². The number of aliphatic hydroxyl groups is 1. The van der Waals surface area contributed by atoms with Gasteiger partial charge in [0, 0.05) is 23.1 Å². The van der Waals surface area contributed by atoms with Gasteiger partial charge in [0.05, 0.1) is 48.0 Å². The van der Waals surface area contributed by atoms with Crippen LogP contribution < -0.4 is 5.32 Å². The van der Waals surface area contributed by atoms with Crippen LogP contribution in [0.25, 0.3) is 5.13 Å². The lowest BCUT2D eigenvalue weighted by Gasteiger charge is -2.25. The molecule has 0 aliphatic heterocycles. The van der Waals surface area contributed by atoms with Crippen molar-refractivity contribution in [2.45, 2.75) is 35.8 Å². The minimum absolute atomic E-state index is 0.0840. The quantitative estimate of drug-likeness (QED) is 0.545. The smallest absolute Gasteiger partial charge is 0.273 e. The topological polar surface area (TPSA) is 80.0 Å².